The van der Waals surface area contributed by atoms with Gasteiger partial charge in [0, 0.05) is 24.7 Å². The standard InChI is InChI=1S/C16H23N3/c1-10-8-12(3)14(9-11(10)2)16-13(4)18-19(5)15(16)6-7-17/h8-9H,6-7,17H2,1-5H3. The van der Waals surface area contributed by atoms with Crippen LogP contribution in [0.25, 0.3) is 11.1 Å². The topological polar surface area (TPSA) is 43.8 Å². The van der Waals surface area contributed by atoms with Crippen LogP contribution in [-0.2, 0) is 13.5 Å². The molecule has 0 saturated carbocycles. The SMILES string of the molecule is Cc1cc(C)c(-c2c(C)nn(C)c2CCN)cc1C. The van der Waals surface area contributed by atoms with Gasteiger partial charge in [0.25, 0.3) is 0 Å². The summed E-state index contributed by atoms with van der Waals surface area (Å²) in [6.45, 7) is 9.20. The molecule has 19 heavy (non-hydrogen) atoms. The van der Waals surface area contributed by atoms with Crippen molar-refractivity contribution in [2.45, 2.75) is 34.1 Å². The van der Waals surface area contributed by atoms with E-state index >= 15 is 0 Å². The van der Waals surface area contributed by atoms with Gasteiger partial charge in [-0.2, -0.15) is 5.10 Å². The zero-order valence-corrected chi connectivity index (χ0v) is 12.5. The highest BCUT2D eigenvalue weighted by Crippen LogP contribution is 2.31. The van der Waals surface area contributed by atoms with Crippen molar-refractivity contribution >= 4 is 0 Å². The molecule has 2 aromatic rings. The predicted molar refractivity (Wildman–Crippen MR) is 80.4 cm³/mol. The van der Waals surface area contributed by atoms with Crippen LogP contribution in [0.3, 0.4) is 0 Å². The van der Waals surface area contributed by atoms with E-state index in [-0.39, 0.29) is 0 Å². The van der Waals surface area contributed by atoms with Crippen molar-refractivity contribution < 1.29 is 0 Å². The zero-order chi connectivity index (χ0) is 14.2. The first-order chi connectivity index (χ1) is 8.95. The maximum atomic E-state index is 5.74. The van der Waals surface area contributed by atoms with Crippen LogP contribution >= 0.6 is 0 Å². The third-order valence-corrected chi connectivity index (χ3v) is 3.83. The van der Waals surface area contributed by atoms with Crippen molar-refractivity contribution in [2.75, 3.05) is 6.54 Å². The molecule has 0 fully saturated rings. The highest BCUT2D eigenvalue weighted by atomic mass is 15.3. The van der Waals surface area contributed by atoms with E-state index in [2.05, 4.69) is 44.9 Å². The summed E-state index contributed by atoms with van der Waals surface area (Å²) in [5.74, 6) is 0. The molecule has 0 bridgehead atoms. The lowest BCUT2D eigenvalue weighted by atomic mass is 9.93. The van der Waals surface area contributed by atoms with E-state index in [1.54, 1.807) is 0 Å². The van der Waals surface area contributed by atoms with Gasteiger partial charge in [-0.1, -0.05) is 12.1 Å². The van der Waals surface area contributed by atoms with Gasteiger partial charge in [0.1, 0.15) is 0 Å². The maximum absolute atomic E-state index is 5.74. The first kappa shape index (κ1) is 13.8. The van der Waals surface area contributed by atoms with Crippen LogP contribution in [0, 0.1) is 27.7 Å². The van der Waals surface area contributed by atoms with Gasteiger partial charge in [-0.3, -0.25) is 4.68 Å². The molecule has 0 aliphatic rings. The van der Waals surface area contributed by atoms with E-state index in [1.807, 2.05) is 11.7 Å². The summed E-state index contributed by atoms with van der Waals surface area (Å²) in [6.07, 6.45) is 0.860. The summed E-state index contributed by atoms with van der Waals surface area (Å²) in [6, 6.07) is 4.53. The summed E-state index contributed by atoms with van der Waals surface area (Å²) in [5, 5.41) is 4.56. The van der Waals surface area contributed by atoms with Crippen molar-refractivity contribution in [1.29, 1.82) is 0 Å². The Balaban J connectivity index is 2.68. The second-order valence-corrected chi connectivity index (χ2v) is 5.32. The van der Waals surface area contributed by atoms with Crippen LogP contribution in [0.2, 0.25) is 0 Å². The van der Waals surface area contributed by atoms with E-state index in [0.717, 1.165) is 12.1 Å². The van der Waals surface area contributed by atoms with Crippen LogP contribution in [0.1, 0.15) is 28.1 Å². The average molecular weight is 257 g/mol. The molecule has 0 radical (unpaired) electrons. The Bertz CT molecular complexity index is 609. The number of hydrogen-bond acceptors (Lipinski definition) is 2. The van der Waals surface area contributed by atoms with Gasteiger partial charge in [-0.25, -0.2) is 0 Å². The summed E-state index contributed by atoms with van der Waals surface area (Å²) in [5.41, 5.74) is 14.6. The molecule has 1 heterocycles. The molecule has 0 unspecified atom stereocenters. The highest BCUT2D eigenvalue weighted by Gasteiger charge is 2.16. The zero-order valence-electron chi connectivity index (χ0n) is 12.5. The van der Waals surface area contributed by atoms with Gasteiger partial charge in [0.2, 0.25) is 0 Å². The third kappa shape index (κ3) is 2.43. The van der Waals surface area contributed by atoms with Gasteiger partial charge >= 0.3 is 0 Å². The molecular weight excluding hydrogens is 234 g/mol. The van der Waals surface area contributed by atoms with Crippen molar-refractivity contribution in [3.8, 4) is 11.1 Å². The Hall–Kier alpha value is -1.61. The molecule has 2 rings (SSSR count). The fourth-order valence-electron chi connectivity index (χ4n) is 2.71. The van der Waals surface area contributed by atoms with Crippen molar-refractivity contribution in [3.05, 3.63) is 40.2 Å². The van der Waals surface area contributed by atoms with Crippen LogP contribution in [0.15, 0.2) is 12.1 Å². The van der Waals surface area contributed by atoms with Gasteiger partial charge in [0.15, 0.2) is 0 Å². The number of aromatic nitrogens is 2. The van der Waals surface area contributed by atoms with Crippen molar-refractivity contribution in [3.63, 3.8) is 0 Å². The van der Waals surface area contributed by atoms with Gasteiger partial charge in [0.05, 0.1) is 5.69 Å². The maximum Gasteiger partial charge on any atom is 0.0675 e. The van der Waals surface area contributed by atoms with Crippen molar-refractivity contribution in [1.82, 2.24) is 9.78 Å². The predicted octanol–water partition coefficient (Wildman–Crippen LogP) is 2.82. The Morgan fingerprint density at radius 1 is 1.05 bits per heavy atom. The third-order valence-electron chi connectivity index (χ3n) is 3.83. The van der Waals surface area contributed by atoms with E-state index in [1.165, 1.54) is 33.5 Å². The van der Waals surface area contributed by atoms with Crippen LogP contribution in [0.5, 0.6) is 0 Å². The Morgan fingerprint density at radius 2 is 1.68 bits per heavy atom. The number of nitrogens with zero attached hydrogens (tertiary/aromatic N) is 2. The number of benzene rings is 1. The molecular formula is C16H23N3. The molecule has 0 spiro atoms. The van der Waals surface area contributed by atoms with Crippen LogP contribution < -0.4 is 5.73 Å². The van der Waals surface area contributed by atoms with Crippen LogP contribution in [0.4, 0.5) is 0 Å². The van der Waals surface area contributed by atoms with Gasteiger partial charge < -0.3 is 5.73 Å². The largest absolute Gasteiger partial charge is 0.330 e. The lowest BCUT2D eigenvalue weighted by Crippen LogP contribution is -2.08. The minimum atomic E-state index is 0.649. The molecule has 3 nitrogen and oxygen atoms in total. The Labute approximate surface area is 115 Å². The fourth-order valence-corrected chi connectivity index (χ4v) is 2.71. The molecule has 102 valence electrons. The van der Waals surface area contributed by atoms with Gasteiger partial charge in [-0.15, -0.1) is 0 Å². The lowest BCUT2D eigenvalue weighted by Gasteiger charge is -2.12. The quantitative estimate of drug-likeness (QED) is 0.919. The average Bonchev–Trinajstić information content (AvgIpc) is 2.60. The molecule has 1 aromatic heterocycles. The summed E-state index contributed by atoms with van der Waals surface area (Å²) in [7, 11) is 2.00. The summed E-state index contributed by atoms with van der Waals surface area (Å²) in [4.78, 5) is 0. The minimum Gasteiger partial charge on any atom is -0.330 e. The Morgan fingerprint density at radius 3 is 2.32 bits per heavy atom. The van der Waals surface area contributed by atoms with Crippen molar-refractivity contribution in [2.24, 2.45) is 12.8 Å². The second-order valence-electron chi connectivity index (χ2n) is 5.32. The Kier molecular flexibility index (Phi) is 3.76. The lowest BCUT2D eigenvalue weighted by molar-refractivity contribution is 0.701. The molecule has 0 aliphatic heterocycles. The molecule has 1 aromatic carbocycles. The monoisotopic (exact) mass is 257 g/mol. The number of rotatable bonds is 3. The molecule has 2 N–H and O–H groups in total. The van der Waals surface area contributed by atoms with E-state index in [9.17, 15) is 0 Å². The van der Waals surface area contributed by atoms with Gasteiger partial charge in [-0.05, 0) is 56.5 Å². The first-order valence-corrected chi connectivity index (χ1v) is 6.76. The fraction of sp³-hybridized carbons (Fsp3) is 0.438. The molecule has 0 aliphatic carbocycles. The van der Waals surface area contributed by atoms with Crippen LogP contribution in [-0.4, -0.2) is 16.3 Å². The molecule has 0 saturated heterocycles. The number of aryl methyl sites for hydroxylation is 5. The van der Waals surface area contributed by atoms with E-state index < -0.39 is 0 Å². The molecule has 0 amide bonds. The highest BCUT2D eigenvalue weighted by molar-refractivity contribution is 5.73. The number of nitrogens with two attached hydrogens (primary N) is 1. The normalized spacial score (nSPS) is 11.1. The smallest absolute Gasteiger partial charge is 0.0675 e. The van der Waals surface area contributed by atoms with E-state index in [4.69, 9.17) is 5.73 Å². The summed E-state index contributed by atoms with van der Waals surface area (Å²) < 4.78 is 1.96. The minimum absolute atomic E-state index is 0.649. The summed E-state index contributed by atoms with van der Waals surface area (Å²) >= 11 is 0. The number of hydrogen-bond donors (Lipinski definition) is 1. The first-order valence-electron chi connectivity index (χ1n) is 6.76. The molecule has 0 atom stereocenters. The molecule has 3 heteroatoms. The van der Waals surface area contributed by atoms with E-state index in [0.29, 0.717) is 6.54 Å². The second kappa shape index (κ2) is 5.17.